The summed E-state index contributed by atoms with van der Waals surface area (Å²) in [5.74, 6) is 0.157. The first kappa shape index (κ1) is 20.5. The van der Waals surface area contributed by atoms with E-state index < -0.39 is 23.5 Å². The van der Waals surface area contributed by atoms with Crippen LogP contribution in [-0.2, 0) is 4.79 Å². The minimum Gasteiger partial charge on any atom is -0.493 e. The maximum Gasteiger partial charge on any atom is 0.409 e. The zero-order chi connectivity index (χ0) is 20.5. The molecule has 1 N–H and O–H groups in total. The molecule has 7 heteroatoms. The van der Waals surface area contributed by atoms with Crippen LogP contribution in [0.5, 0.6) is 5.75 Å². The van der Waals surface area contributed by atoms with Gasteiger partial charge >= 0.3 is 6.18 Å². The summed E-state index contributed by atoms with van der Waals surface area (Å²) in [6, 6.07) is 8.03. The van der Waals surface area contributed by atoms with E-state index in [1.807, 2.05) is 6.92 Å². The number of halogens is 3. The number of unbranched alkanes of at least 4 members (excludes halogenated alkanes) is 1. The molecule has 1 aliphatic heterocycles. The summed E-state index contributed by atoms with van der Waals surface area (Å²) in [7, 11) is 0. The minimum absolute atomic E-state index is 0.0287. The summed E-state index contributed by atoms with van der Waals surface area (Å²) in [6.07, 6.45) is -2.71. The number of alkyl halides is 3. The zero-order valence-corrected chi connectivity index (χ0v) is 16.3. The molecule has 152 valence electrons. The van der Waals surface area contributed by atoms with Crippen LogP contribution in [0.1, 0.15) is 45.2 Å². The molecule has 0 spiro atoms. The molecular weight excluding hydrogens is 369 g/mol. The van der Waals surface area contributed by atoms with Crippen molar-refractivity contribution in [1.29, 1.82) is 0 Å². The Morgan fingerprint density at radius 3 is 2.46 bits per heavy atom. The molecule has 2 aromatic rings. The molecule has 0 unspecified atom stereocenters. The van der Waals surface area contributed by atoms with E-state index in [-0.39, 0.29) is 12.1 Å². The molecule has 0 radical (unpaired) electrons. The van der Waals surface area contributed by atoms with Gasteiger partial charge in [-0.25, -0.2) is 5.01 Å². The van der Waals surface area contributed by atoms with Crippen molar-refractivity contribution in [2.75, 3.05) is 13.2 Å². The van der Waals surface area contributed by atoms with Crippen molar-refractivity contribution >= 4 is 16.7 Å². The number of rotatable bonds is 6. The second-order valence-corrected chi connectivity index (χ2v) is 7.80. The number of amides is 1. The Labute approximate surface area is 162 Å². The fourth-order valence-corrected chi connectivity index (χ4v) is 3.49. The van der Waals surface area contributed by atoms with Gasteiger partial charge in [-0.15, -0.1) is 0 Å². The Hall–Kier alpha value is -2.28. The molecule has 3 rings (SSSR count). The Kier molecular flexibility index (Phi) is 5.57. The number of nitrogens with zero attached hydrogens (tertiary/aromatic N) is 1. The molecule has 0 aliphatic carbocycles. The first-order valence-electron chi connectivity index (χ1n) is 9.44. The standard InChI is InChI=1S/C21H25F3N2O2/c1-4-5-12-28-17-11-7-8-14-15(17)9-6-10-16(14)18(21(22,23)24)26-13-20(2,3)19(27)25-26/h6-11,18H,4-5,12-13H2,1-3H3,(H,25,27)/t18-/m0/s1. The van der Waals surface area contributed by atoms with Crippen LogP contribution in [-0.4, -0.2) is 30.2 Å². The third-order valence-corrected chi connectivity index (χ3v) is 5.01. The van der Waals surface area contributed by atoms with Crippen molar-refractivity contribution in [3.05, 3.63) is 42.0 Å². The van der Waals surface area contributed by atoms with Gasteiger partial charge in [-0.05, 0) is 37.3 Å². The van der Waals surface area contributed by atoms with Gasteiger partial charge in [-0.1, -0.05) is 43.7 Å². The van der Waals surface area contributed by atoms with Crippen LogP contribution in [0.4, 0.5) is 13.2 Å². The molecule has 1 amide bonds. The van der Waals surface area contributed by atoms with Crippen molar-refractivity contribution in [3.8, 4) is 5.75 Å². The zero-order valence-electron chi connectivity index (χ0n) is 16.3. The summed E-state index contributed by atoms with van der Waals surface area (Å²) in [6.45, 7) is 5.80. The Morgan fingerprint density at radius 1 is 1.18 bits per heavy atom. The normalized spacial score (nSPS) is 18.3. The number of carbonyl (C=O) groups is 1. The van der Waals surface area contributed by atoms with Gasteiger partial charge in [0.15, 0.2) is 6.04 Å². The molecule has 2 aromatic carbocycles. The first-order valence-corrected chi connectivity index (χ1v) is 9.44. The van der Waals surface area contributed by atoms with Crippen LogP contribution >= 0.6 is 0 Å². The van der Waals surface area contributed by atoms with E-state index in [2.05, 4.69) is 5.43 Å². The number of ether oxygens (including phenoxy) is 1. The van der Waals surface area contributed by atoms with Crippen LogP contribution in [0, 0.1) is 5.41 Å². The lowest BCUT2D eigenvalue weighted by Gasteiger charge is -2.30. The SMILES string of the molecule is CCCCOc1cccc2c([C@H](N3CC(C)(C)C(=O)N3)C(F)(F)F)cccc12. The van der Waals surface area contributed by atoms with Crippen LogP contribution in [0.15, 0.2) is 36.4 Å². The van der Waals surface area contributed by atoms with Crippen molar-refractivity contribution < 1.29 is 22.7 Å². The van der Waals surface area contributed by atoms with Crippen molar-refractivity contribution in [1.82, 2.24) is 10.4 Å². The van der Waals surface area contributed by atoms with Crippen LogP contribution in [0.25, 0.3) is 10.8 Å². The predicted molar refractivity (Wildman–Crippen MR) is 102 cm³/mol. The highest BCUT2D eigenvalue weighted by Gasteiger charge is 2.51. The molecule has 1 saturated heterocycles. The molecule has 1 atom stereocenters. The lowest BCUT2D eigenvalue weighted by molar-refractivity contribution is -0.191. The van der Waals surface area contributed by atoms with Gasteiger partial charge < -0.3 is 4.74 Å². The summed E-state index contributed by atoms with van der Waals surface area (Å²) >= 11 is 0. The van der Waals surface area contributed by atoms with E-state index in [0.29, 0.717) is 23.1 Å². The van der Waals surface area contributed by atoms with Crippen LogP contribution < -0.4 is 10.2 Å². The van der Waals surface area contributed by atoms with Crippen molar-refractivity contribution in [2.24, 2.45) is 5.41 Å². The Morgan fingerprint density at radius 2 is 1.86 bits per heavy atom. The van der Waals surface area contributed by atoms with Gasteiger partial charge in [-0.3, -0.25) is 10.2 Å². The fourth-order valence-electron chi connectivity index (χ4n) is 3.49. The van der Waals surface area contributed by atoms with Gasteiger partial charge in [0.2, 0.25) is 5.91 Å². The van der Waals surface area contributed by atoms with Gasteiger partial charge in [0.25, 0.3) is 0 Å². The van der Waals surface area contributed by atoms with E-state index >= 15 is 0 Å². The number of benzene rings is 2. The van der Waals surface area contributed by atoms with E-state index in [4.69, 9.17) is 4.74 Å². The number of fused-ring (bicyclic) bond motifs is 1. The third kappa shape index (κ3) is 3.94. The number of hydrazine groups is 1. The maximum atomic E-state index is 14.1. The molecule has 1 fully saturated rings. The van der Waals surface area contributed by atoms with Gasteiger partial charge in [0, 0.05) is 11.9 Å². The van der Waals surface area contributed by atoms with E-state index in [9.17, 15) is 18.0 Å². The summed E-state index contributed by atoms with van der Waals surface area (Å²) in [4.78, 5) is 12.1. The van der Waals surface area contributed by atoms with Crippen molar-refractivity contribution in [3.63, 3.8) is 0 Å². The molecule has 0 aromatic heterocycles. The predicted octanol–water partition coefficient (Wildman–Crippen LogP) is 5.00. The summed E-state index contributed by atoms with van der Waals surface area (Å²) < 4.78 is 48.1. The number of nitrogens with one attached hydrogen (secondary N) is 1. The number of carbonyl (C=O) groups excluding carboxylic acids is 1. The van der Waals surface area contributed by atoms with Gasteiger partial charge in [0.1, 0.15) is 5.75 Å². The molecule has 0 saturated carbocycles. The topological polar surface area (TPSA) is 41.6 Å². The largest absolute Gasteiger partial charge is 0.493 e. The monoisotopic (exact) mass is 394 g/mol. The molecule has 4 nitrogen and oxygen atoms in total. The third-order valence-electron chi connectivity index (χ3n) is 5.01. The number of hydrogen-bond donors (Lipinski definition) is 1. The molecule has 0 bridgehead atoms. The second kappa shape index (κ2) is 7.62. The lowest BCUT2D eigenvalue weighted by atomic mass is 9.93. The summed E-state index contributed by atoms with van der Waals surface area (Å²) in [5.41, 5.74) is 1.63. The first-order chi connectivity index (χ1) is 13.1. The maximum absolute atomic E-state index is 14.1. The second-order valence-electron chi connectivity index (χ2n) is 7.80. The van der Waals surface area contributed by atoms with E-state index in [0.717, 1.165) is 17.9 Å². The minimum atomic E-state index is -4.55. The van der Waals surface area contributed by atoms with Gasteiger partial charge in [0.05, 0.1) is 12.0 Å². The summed E-state index contributed by atoms with van der Waals surface area (Å²) in [5, 5.41) is 2.11. The highest BCUT2D eigenvalue weighted by molar-refractivity contribution is 5.91. The van der Waals surface area contributed by atoms with Crippen molar-refractivity contribution in [2.45, 2.75) is 45.8 Å². The van der Waals surface area contributed by atoms with E-state index in [1.54, 1.807) is 44.2 Å². The average molecular weight is 394 g/mol. The lowest BCUT2D eigenvalue weighted by Crippen LogP contribution is -2.43. The quantitative estimate of drug-likeness (QED) is 0.702. The Balaban J connectivity index is 2.06. The molecule has 28 heavy (non-hydrogen) atoms. The molecular formula is C21H25F3N2O2. The smallest absolute Gasteiger partial charge is 0.409 e. The molecule has 1 heterocycles. The van der Waals surface area contributed by atoms with E-state index in [1.165, 1.54) is 6.07 Å². The number of hydrogen-bond acceptors (Lipinski definition) is 3. The molecule has 1 aliphatic rings. The fraction of sp³-hybridized carbons (Fsp3) is 0.476. The average Bonchev–Trinajstić information content (AvgIpc) is 2.87. The highest BCUT2D eigenvalue weighted by Crippen LogP contribution is 2.43. The highest BCUT2D eigenvalue weighted by atomic mass is 19.4. The van der Waals surface area contributed by atoms with Crippen LogP contribution in [0.3, 0.4) is 0 Å². The van der Waals surface area contributed by atoms with Gasteiger partial charge in [-0.2, -0.15) is 13.2 Å². The van der Waals surface area contributed by atoms with Crippen LogP contribution in [0.2, 0.25) is 0 Å². The Bertz CT molecular complexity index is 864.